The number of halogens is 2. The SMILES string of the molecule is Cl.O=C(CC1CC2CCC(C1)N2)Nc1ncc(Cc2ccccc2Cl)s1. The summed E-state index contributed by atoms with van der Waals surface area (Å²) in [6, 6.07) is 9.07. The minimum Gasteiger partial charge on any atom is -0.311 e. The zero-order valence-corrected chi connectivity index (χ0v) is 16.8. The summed E-state index contributed by atoms with van der Waals surface area (Å²) in [7, 11) is 0. The van der Waals surface area contributed by atoms with Gasteiger partial charge in [0.05, 0.1) is 0 Å². The van der Waals surface area contributed by atoms with E-state index >= 15 is 0 Å². The lowest BCUT2D eigenvalue weighted by Gasteiger charge is -2.28. The van der Waals surface area contributed by atoms with E-state index in [0.717, 1.165) is 34.7 Å². The van der Waals surface area contributed by atoms with Crippen LogP contribution in [-0.2, 0) is 11.2 Å². The number of piperidine rings is 1. The average Bonchev–Trinajstić information content (AvgIpc) is 3.15. The molecule has 4 rings (SSSR count). The van der Waals surface area contributed by atoms with Crippen LogP contribution >= 0.6 is 35.3 Å². The number of hydrogen-bond donors (Lipinski definition) is 2. The highest BCUT2D eigenvalue weighted by Gasteiger charge is 2.34. The van der Waals surface area contributed by atoms with E-state index in [0.29, 0.717) is 29.6 Å². The number of benzene rings is 1. The third-order valence-electron chi connectivity index (χ3n) is 5.17. The molecule has 2 atom stereocenters. The fourth-order valence-electron chi connectivity index (χ4n) is 4.05. The first kappa shape index (κ1) is 19.6. The molecule has 1 amide bonds. The molecule has 2 bridgehead atoms. The predicted octanol–water partition coefficient (Wildman–Crippen LogP) is 4.67. The molecule has 0 saturated carbocycles. The largest absolute Gasteiger partial charge is 0.311 e. The van der Waals surface area contributed by atoms with Crippen LogP contribution in [0, 0.1) is 5.92 Å². The fraction of sp³-hybridized carbons (Fsp3) is 0.474. The summed E-state index contributed by atoms with van der Waals surface area (Å²) in [6.45, 7) is 0. The van der Waals surface area contributed by atoms with Gasteiger partial charge in [-0.15, -0.1) is 23.7 Å². The van der Waals surface area contributed by atoms with Crippen molar-refractivity contribution in [3.63, 3.8) is 0 Å². The van der Waals surface area contributed by atoms with E-state index in [4.69, 9.17) is 11.6 Å². The van der Waals surface area contributed by atoms with Gasteiger partial charge in [-0.25, -0.2) is 4.98 Å². The van der Waals surface area contributed by atoms with Gasteiger partial charge in [-0.05, 0) is 43.2 Å². The maximum Gasteiger partial charge on any atom is 0.226 e. The highest BCUT2D eigenvalue weighted by atomic mass is 35.5. The number of hydrogen-bond acceptors (Lipinski definition) is 4. The normalized spacial score (nSPS) is 24.1. The van der Waals surface area contributed by atoms with E-state index in [1.165, 1.54) is 24.2 Å². The average molecular weight is 412 g/mol. The van der Waals surface area contributed by atoms with Crippen molar-refractivity contribution in [2.24, 2.45) is 5.92 Å². The van der Waals surface area contributed by atoms with Crippen molar-refractivity contribution in [1.29, 1.82) is 0 Å². The van der Waals surface area contributed by atoms with Gasteiger partial charge >= 0.3 is 0 Å². The van der Waals surface area contributed by atoms with Crippen molar-refractivity contribution in [3.05, 3.63) is 45.9 Å². The zero-order chi connectivity index (χ0) is 17.2. The number of carbonyl (C=O) groups is 1. The first-order valence-electron chi connectivity index (χ1n) is 8.89. The second-order valence-electron chi connectivity index (χ2n) is 7.13. The molecule has 4 nitrogen and oxygen atoms in total. The van der Waals surface area contributed by atoms with Crippen LogP contribution in [0.1, 0.15) is 42.5 Å². The monoisotopic (exact) mass is 411 g/mol. The third kappa shape index (κ3) is 4.77. The predicted molar refractivity (Wildman–Crippen MR) is 110 cm³/mol. The van der Waals surface area contributed by atoms with Crippen molar-refractivity contribution in [1.82, 2.24) is 10.3 Å². The number of fused-ring (bicyclic) bond motifs is 2. The fourth-order valence-corrected chi connectivity index (χ4v) is 5.11. The van der Waals surface area contributed by atoms with Gasteiger partial charge in [0.25, 0.3) is 0 Å². The minimum atomic E-state index is 0. The molecule has 7 heteroatoms. The molecule has 1 aromatic heterocycles. The van der Waals surface area contributed by atoms with E-state index in [-0.39, 0.29) is 18.3 Å². The number of rotatable bonds is 5. The number of amides is 1. The van der Waals surface area contributed by atoms with E-state index in [1.807, 2.05) is 30.5 Å². The molecule has 0 radical (unpaired) electrons. The second-order valence-corrected chi connectivity index (χ2v) is 8.65. The summed E-state index contributed by atoms with van der Waals surface area (Å²) in [5.41, 5.74) is 1.08. The highest BCUT2D eigenvalue weighted by molar-refractivity contribution is 7.15. The number of thiazole rings is 1. The van der Waals surface area contributed by atoms with Crippen molar-refractivity contribution >= 4 is 46.4 Å². The molecule has 26 heavy (non-hydrogen) atoms. The maximum absolute atomic E-state index is 12.4. The van der Waals surface area contributed by atoms with Gasteiger partial charge in [-0.3, -0.25) is 4.79 Å². The highest BCUT2D eigenvalue weighted by Crippen LogP contribution is 2.33. The van der Waals surface area contributed by atoms with Crippen molar-refractivity contribution < 1.29 is 4.79 Å². The van der Waals surface area contributed by atoms with E-state index < -0.39 is 0 Å². The van der Waals surface area contributed by atoms with Gasteiger partial charge in [0.1, 0.15) is 0 Å². The summed E-state index contributed by atoms with van der Waals surface area (Å²) in [6.07, 6.45) is 7.95. The summed E-state index contributed by atoms with van der Waals surface area (Å²) in [5, 5.41) is 8.05. The third-order valence-corrected chi connectivity index (χ3v) is 6.45. The van der Waals surface area contributed by atoms with E-state index in [1.54, 1.807) is 0 Å². The quantitative estimate of drug-likeness (QED) is 0.751. The van der Waals surface area contributed by atoms with Crippen molar-refractivity contribution in [2.45, 2.75) is 50.6 Å². The van der Waals surface area contributed by atoms with Gasteiger partial charge in [-0.2, -0.15) is 0 Å². The Hall–Kier alpha value is -1.14. The number of aromatic nitrogens is 1. The van der Waals surface area contributed by atoms with Gasteiger partial charge in [-0.1, -0.05) is 29.8 Å². The lowest BCUT2D eigenvalue weighted by molar-refractivity contribution is -0.117. The van der Waals surface area contributed by atoms with Gasteiger partial charge in [0, 0.05) is 41.0 Å². The maximum atomic E-state index is 12.4. The summed E-state index contributed by atoms with van der Waals surface area (Å²) in [4.78, 5) is 17.8. The van der Waals surface area contributed by atoms with Crippen LogP contribution in [0.5, 0.6) is 0 Å². The van der Waals surface area contributed by atoms with Gasteiger partial charge < -0.3 is 10.6 Å². The molecule has 2 aromatic rings. The molecule has 140 valence electrons. The molecular formula is C19H23Cl2N3OS. The van der Waals surface area contributed by atoms with Crippen LogP contribution in [0.15, 0.2) is 30.5 Å². The van der Waals surface area contributed by atoms with E-state index in [9.17, 15) is 4.79 Å². The summed E-state index contributed by atoms with van der Waals surface area (Å²) >= 11 is 7.74. The lowest BCUT2D eigenvalue weighted by atomic mass is 9.89. The Kier molecular flexibility index (Phi) is 6.56. The first-order chi connectivity index (χ1) is 12.2. The lowest BCUT2D eigenvalue weighted by Crippen LogP contribution is -2.39. The minimum absolute atomic E-state index is 0. The standard InChI is InChI=1S/C19H22ClN3OS.ClH/c20-17-4-2-1-3-13(17)10-16-11-21-19(25-16)23-18(24)9-12-7-14-5-6-15(8-12)22-14;/h1-4,11-12,14-15,22H,5-10H2,(H,21,23,24);1H. The van der Waals surface area contributed by atoms with Crippen LogP contribution in [0.25, 0.3) is 0 Å². The Morgan fingerprint density at radius 2 is 2.00 bits per heavy atom. The summed E-state index contributed by atoms with van der Waals surface area (Å²) in [5.74, 6) is 0.589. The van der Waals surface area contributed by atoms with Crippen molar-refractivity contribution in [2.75, 3.05) is 5.32 Å². The molecule has 2 unspecified atom stereocenters. The molecule has 3 heterocycles. The van der Waals surface area contributed by atoms with Gasteiger partial charge in [0.2, 0.25) is 5.91 Å². The molecule has 2 saturated heterocycles. The Morgan fingerprint density at radius 3 is 2.73 bits per heavy atom. The first-order valence-corrected chi connectivity index (χ1v) is 10.1. The zero-order valence-electron chi connectivity index (χ0n) is 14.4. The molecule has 1 aromatic carbocycles. The summed E-state index contributed by atoms with van der Waals surface area (Å²) < 4.78 is 0. The number of carbonyl (C=O) groups excluding carboxylic acids is 1. The molecule has 0 aliphatic carbocycles. The Balaban J connectivity index is 0.00000196. The second kappa shape index (κ2) is 8.70. The van der Waals surface area contributed by atoms with Crippen LogP contribution in [0.3, 0.4) is 0 Å². The van der Waals surface area contributed by atoms with E-state index in [2.05, 4.69) is 15.6 Å². The number of anilines is 1. The van der Waals surface area contributed by atoms with Crippen LogP contribution < -0.4 is 10.6 Å². The molecule has 2 aliphatic heterocycles. The molecular weight excluding hydrogens is 389 g/mol. The van der Waals surface area contributed by atoms with Crippen LogP contribution in [-0.4, -0.2) is 23.0 Å². The molecule has 0 spiro atoms. The topological polar surface area (TPSA) is 54.0 Å². The number of nitrogens with one attached hydrogen (secondary N) is 2. The Morgan fingerprint density at radius 1 is 1.27 bits per heavy atom. The van der Waals surface area contributed by atoms with Gasteiger partial charge in [0.15, 0.2) is 5.13 Å². The molecule has 2 N–H and O–H groups in total. The van der Waals surface area contributed by atoms with Crippen LogP contribution in [0.4, 0.5) is 5.13 Å². The Labute approximate surface area is 169 Å². The Bertz CT molecular complexity index is 755. The van der Waals surface area contributed by atoms with Crippen molar-refractivity contribution in [3.8, 4) is 0 Å². The molecule has 2 aliphatic rings. The van der Waals surface area contributed by atoms with Crippen LogP contribution in [0.2, 0.25) is 5.02 Å². The smallest absolute Gasteiger partial charge is 0.226 e. The number of nitrogens with zero attached hydrogens (tertiary/aromatic N) is 1. The molecule has 2 fully saturated rings.